The monoisotopic (exact) mass is 431 g/mol. The van der Waals surface area contributed by atoms with E-state index in [1.807, 2.05) is 48.5 Å². The number of rotatable bonds is 4. The van der Waals surface area contributed by atoms with Crippen molar-refractivity contribution in [2.24, 2.45) is 0 Å². The number of anilines is 1. The summed E-state index contributed by atoms with van der Waals surface area (Å²) in [4.78, 5) is 21.3. The highest BCUT2D eigenvalue weighted by Crippen LogP contribution is 2.25. The molecule has 0 aliphatic carbocycles. The lowest BCUT2D eigenvalue weighted by Crippen LogP contribution is -2.51. The number of carbonyl (C=O) groups excluding carboxylic acids is 1. The summed E-state index contributed by atoms with van der Waals surface area (Å²) < 4.78 is 6.07. The second-order valence-electron chi connectivity index (χ2n) is 8.74. The van der Waals surface area contributed by atoms with Gasteiger partial charge in [-0.05, 0) is 67.1 Å². The number of aliphatic hydroxyl groups excluding tert-OH is 1. The summed E-state index contributed by atoms with van der Waals surface area (Å²) in [6.07, 6.45) is 6.84. The molecule has 0 radical (unpaired) electrons. The largest absolute Gasteiger partial charge is 0.488 e. The number of carbonyl (C=O) groups is 1. The van der Waals surface area contributed by atoms with Gasteiger partial charge in [-0.1, -0.05) is 6.07 Å². The van der Waals surface area contributed by atoms with Crippen molar-refractivity contribution in [1.82, 2.24) is 9.88 Å². The van der Waals surface area contributed by atoms with Gasteiger partial charge in [-0.3, -0.25) is 9.78 Å². The predicted molar refractivity (Wildman–Crippen MR) is 125 cm³/mol. The number of piperidine rings is 2. The van der Waals surface area contributed by atoms with Gasteiger partial charge in [0.05, 0.1) is 6.54 Å². The van der Waals surface area contributed by atoms with E-state index >= 15 is 0 Å². The van der Waals surface area contributed by atoms with Crippen LogP contribution in [-0.2, 0) is 0 Å². The van der Waals surface area contributed by atoms with E-state index in [1.165, 1.54) is 24.9 Å². The highest BCUT2D eigenvalue weighted by atomic mass is 16.5. The Morgan fingerprint density at radius 2 is 1.78 bits per heavy atom. The van der Waals surface area contributed by atoms with Gasteiger partial charge in [-0.25, -0.2) is 0 Å². The minimum Gasteiger partial charge on any atom is -0.488 e. The molecule has 2 fully saturated rings. The molecule has 32 heavy (non-hydrogen) atoms. The van der Waals surface area contributed by atoms with Crippen LogP contribution in [0, 0.1) is 0 Å². The molecule has 1 N–H and O–H groups in total. The summed E-state index contributed by atoms with van der Waals surface area (Å²) in [5.41, 5.74) is 1.85. The highest BCUT2D eigenvalue weighted by molar-refractivity contribution is 5.94. The minimum atomic E-state index is -0.732. The molecule has 166 valence electrons. The molecule has 2 aliphatic heterocycles. The average molecular weight is 432 g/mol. The zero-order valence-electron chi connectivity index (χ0n) is 18.2. The fraction of sp³-hybridized carbons (Fsp3) is 0.385. The molecule has 0 unspecified atom stereocenters. The van der Waals surface area contributed by atoms with Crippen molar-refractivity contribution < 1.29 is 14.6 Å². The lowest BCUT2D eigenvalue weighted by atomic mass is 10.0. The van der Waals surface area contributed by atoms with Gasteiger partial charge in [0.2, 0.25) is 0 Å². The summed E-state index contributed by atoms with van der Waals surface area (Å²) in [5, 5.41) is 12.8. The molecule has 6 heteroatoms. The van der Waals surface area contributed by atoms with E-state index in [1.54, 1.807) is 17.3 Å². The second-order valence-corrected chi connectivity index (χ2v) is 8.74. The third-order valence-electron chi connectivity index (χ3n) is 6.54. The summed E-state index contributed by atoms with van der Waals surface area (Å²) in [7, 11) is 0. The van der Waals surface area contributed by atoms with E-state index in [0.29, 0.717) is 24.3 Å². The number of fused-ring (bicyclic) bond motifs is 1. The molecule has 0 bridgehead atoms. The van der Waals surface area contributed by atoms with Crippen LogP contribution in [0.3, 0.4) is 0 Å². The first-order chi connectivity index (χ1) is 15.7. The molecule has 2 aromatic carbocycles. The van der Waals surface area contributed by atoms with E-state index in [0.717, 1.165) is 23.9 Å². The number of pyridine rings is 1. The quantitative estimate of drug-likeness (QED) is 0.679. The van der Waals surface area contributed by atoms with Crippen molar-refractivity contribution in [1.29, 1.82) is 0 Å². The average Bonchev–Trinajstić information content (AvgIpc) is 2.85. The molecule has 5 rings (SSSR count). The number of β-amino-alcohol motifs (C(OH)–C–C–N with tert-alkyl or cyclic N) is 1. The smallest absolute Gasteiger partial charge is 0.253 e. The number of nitrogens with zero attached hydrogens (tertiary/aromatic N) is 3. The molecule has 0 spiro atoms. The van der Waals surface area contributed by atoms with Gasteiger partial charge >= 0.3 is 0 Å². The van der Waals surface area contributed by atoms with Crippen LogP contribution in [0.25, 0.3) is 10.8 Å². The fourth-order valence-corrected chi connectivity index (χ4v) is 4.69. The Kier molecular flexibility index (Phi) is 5.95. The number of aliphatic hydroxyl groups is 1. The second kappa shape index (κ2) is 9.17. The number of benzene rings is 2. The van der Waals surface area contributed by atoms with E-state index in [4.69, 9.17) is 4.74 Å². The Morgan fingerprint density at radius 3 is 2.56 bits per heavy atom. The number of hydrogen-bond donors (Lipinski definition) is 1. The van der Waals surface area contributed by atoms with Crippen molar-refractivity contribution in [3.63, 3.8) is 0 Å². The van der Waals surface area contributed by atoms with E-state index < -0.39 is 6.10 Å². The summed E-state index contributed by atoms with van der Waals surface area (Å²) in [5.74, 6) is 0.673. The number of hydrogen-bond acceptors (Lipinski definition) is 5. The van der Waals surface area contributed by atoms with Gasteiger partial charge in [-0.15, -0.1) is 0 Å². The van der Waals surface area contributed by atoms with Gasteiger partial charge in [0.15, 0.2) is 0 Å². The summed E-state index contributed by atoms with van der Waals surface area (Å²) in [6.45, 7) is 3.00. The maximum atomic E-state index is 13.0. The van der Waals surface area contributed by atoms with Crippen molar-refractivity contribution in [3.05, 3.63) is 66.5 Å². The summed E-state index contributed by atoms with van der Waals surface area (Å²) in [6, 6.07) is 15.7. The molecule has 2 atom stereocenters. The first kappa shape index (κ1) is 20.8. The van der Waals surface area contributed by atoms with Gasteiger partial charge in [0.25, 0.3) is 5.91 Å². The van der Waals surface area contributed by atoms with Crippen LogP contribution in [0.5, 0.6) is 5.75 Å². The van der Waals surface area contributed by atoms with Crippen LogP contribution in [0.15, 0.2) is 60.9 Å². The van der Waals surface area contributed by atoms with Crippen molar-refractivity contribution in [3.8, 4) is 5.75 Å². The fourth-order valence-electron chi connectivity index (χ4n) is 4.69. The van der Waals surface area contributed by atoms with Crippen LogP contribution < -0.4 is 9.64 Å². The molecule has 1 amide bonds. The Hall–Kier alpha value is -3.12. The molecule has 2 saturated heterocycles. The predicted octanol–water partition coefficient (Wildman–Crippen LogP) is 3.88. The van der Waals surface area contributed by atoms with Gasteiger partial charge in [-0.2, -0.15) is 0 Å². The lowest BCUT2D eigenvalue weighted by molar-refractivity contribution is -0.0198. The third-order valence-corrected chi connectivity index (χ3v) is 6.54. The Labute approximate surface area is 188 Å². The van der Waals surface area contributed by atoms with Crippen LogP contribution in [0.1, 0.15) is 36.0 Å². The molecule has 2 aliphatic rings. The first-order valence-electron chi connectivity index (χ1n) is 11.5. The number of ether oxygens (including phenoxy) is 1. The number of likely N-dealkylation sites (tertiary alicyclic amines) is 1. The molecular weight excluding hydrogens is 402 g/mol. The number of amides is 1. The van der Waals surface area contributed by atoms with Crippen LogP contribution >= 0.6 is 0 Å². The standard InChI is InChI=1S/C26H29N3O3/c30-24-18-29(26(31)20-4-7-22(8-5-20)28-13-2-1-3-14-28)15-11-25(24)32-23-9-6-19-10-12-27-17-21(19)16-23/h4-10,12,16-17,24-25,30H,1-3,11,13-15,18H2/t24-,25-/m1/s1. The van der Waals surface area contributed by atoms with Crippen molar-refractivity contribution >= 4 is 22.4 Å². The highest BCUT2D eigenvalue weighted by Gasteiger charge is 2.32. The van der Waals surface area contributed by atoms with Crippen molar-refractivity contribution in [2.45, 2.75) is 37.9 Å². The topological polar surface area (TPSA) is 65.9 Å². The third kappa shape index (κ3) is 4.41. The Morgan fingerprint density at radius 1 is 0.969 bits per heavy atom. The maximum absolute atomic E-state index is 13.0. The zero-order chi connectivity index (χ0) is 21.9. The molecule has 0 saturated carbocycles. The van der Waals surface area contributed by atoms with Crippen LogP contribution in [-0.4, -0.2) is 59.3 Å². The van der Waals surface area contributed by atoms with Gasteiger partial charge in [0, 0.05) is 55.1 Å². The molecular formula is C26H29N3O3. The van der Waals surface area contributed by atoms with Gasteiger partial charge < -0.3 is 19.6 Å². The normalized spacial score (nSPS) is 21.5. The number of aromatic nitrogens is 1. The molecule has 3 aromatic rings. The maximum Gasteiger partial charge on any atom is 0.253 e. The van der Waals surface area contributed by atoms with E-state index in [-0.39, 0.29) is 18.6 Å². The van der Waals surface area contributed by atoms with Crippen molar-refractivity contribution in [2.75, 3.05) is 31.1 Å². The minimum absolute atomic E-state index is 0.0375. The molecule has 1 aromatic heterocycles. The Balaban J connectivity index is 1.20. The van der Waals surface area contributed by atoms with Gasteiger partial charge in [0.1, 0.15) is 18.0 Å². The van der Waals surface area contributed by atoms with Crippen LogP contribution in [0.4, 0.5) is 5.69 Å². The zero-order valence-corrected chi connectivity index (χ0v) is 18.2. The summed E-state index contributed by atoms with van der Waals surface area (Å²) >= 11 is 0. The molecule has 3 heterocycles. The van der Waals surface area contributed by atoms with Crippen LogP contribution in [0.2, 0.25) is 0 Å². The van der Waals surface area contributed by atoms with E-state index in [2.05, 4.69) is 9.88 Å². The first-order valence-corrected chi connectivity index (χ1v) is 11.5. The molecule has 6 nitrogen and oxygen atoms in total. The SMILES string of the molecule is O=C(c1ccc(N2CCCCC2)cc1)N1CC[C@@H](Oc2ccc3ccncc3c2)[C@H](O)C1. The lowest BCUT2D eigenvalue weighted by Gasteiger charge is -2.36. The Bertz CT molecular complexity index is 1080. The van der Waals surface area contributed by atoms with E-state index in [9.17, 15) is 9.90 Å².